The molecule has 70 valence electrons. The zero-order chi connectivity index (χ0) is 8.54. The van der Waals surface area contributed by atoms with Crippen molar-refractivity contribution < 1.29 is 14.9 Å². The Morgan fingerprint density at radius 3 is 2.09 bits per heavy atom. The molecule has 0 heterocycles. The van der Waals surface area contributed by atoms with Crippen molar-refractivity contribution in [3.63, 3.8) is 0 Å². The molecule has 0 radical (unpaired) electrons. The molecule has 0 saturated heterocycles. The van der Waals surface area contributed by atoms with Gasteiger partial charge in [0.1, 0.15) is 0 Å². The number of halogens is 2. The summed E-state index contributed by atoms with van der Waals surface area (Å²) in [6.45, 7) is 0. The van der Waals surface area contributed by atoms with E-state index in [-0.39, 0.29) is 22.4 Å². The first-order valence-corrected chi connectivity index (χ1v) is 12.2. The predicted octanol–water partition coefficient (Wildman–Crippen LogP) is 1.74. The van der Waals surface area contributed by atoms with E-state index in [0.717, 1.165) is 6.42 Å². The van der Waals surface area contributed by atoms with Gasteiger partial charge in [0.05, 0.1) is 0 Å². The van der Waals surface area contributed by atoms with E-state index in [2.05, 4.69) is 41.9 Å². The third-order valence-corrected chi connectivity index (χ3v) is 17.4. The SMILES string of the molecule is NC1(N)CCCC[C]1(I)[Pt][I]. The van der Waals surface area contributed by atoms with Crippen molar-refractivity contribution in [1.29, 1.82) is 0 Å². The fraction of sp³-hybridized carbons (Fsp3) is 1.00. The van der Waals surface area contributed by atoms with Crippen molar-refractivity contribution in [2.45, 2.75) is 33.2 Å². The van der Waals surface area contributed by atoms with Crippen LogP contribution in [0.25, 0.3) is 0 Å². The molecule has 0 bridgehead atoms. The molecule has 0 aromatic carbocycles. The van der Waals surface area contributed by atoms with Gasteiger partial charge in [-0.1, -0.05) is 0 Å². The zero-order valence-electron chi connectivity index (χ0n) is 6.06. The molecule has 0 aromatic heterocycles. The van der Waals surface area contributed by atoms with Gasteiger partial charge < -0.3 is 0 Å². The Labute approximate surface area is 100 Å². The van der Waals surface area contributed by atoms with Crippen molar-refractivity contribution >= 4 is 41.9 Å². The van der Waals surface area contributed by atoms with Gasteiger partial charge in [-0.3, -0.25) is 0 Å². The van der Waals surface area contributed by atoms with Crippen LogP contribution in [0.4, 0.5) is 0 Å². The summed E-state index contributed by atoms with van der Waals surface area (Å²) in [4.78, 5) is 0. The fourth-order valence-corrected chi connectivity index (χ4v) is 7.19. The second-order valence-corrected chi connectivity index (χ2v) is 12.1. The number of hydrogen-bond donors (Lipinski definition) is 2. The summed E-state index contributed by atoms with van der Waals surface area (Å²) >= 11 is 5.09. The van der Waals surface area contributed by atoms with Gasteiger partial charge in [-0.15, -0.1) is 0 Å². The Kier molecular flexibility index (Phi) is 4.12. The van der Waals surface area contributed by atoms with E-state index in [1.165, 1.54) is 19.3 Å². The van der Waals surface area contributed by atoms with Crippen molar-refractivity contribution in [3.05, 3.63) is 0 Å². The third kappa shape index (κ3) is 2.30. The topological polar surface area (TPSA) is 52.0 Å². The van der Waals surface area contributed by atoms with Gasteiger partial charge >= 0.3 is 101 Å². The maximum absolute atomic E-state index is 6.06. The Morgan fingerprint density at radius 1 is 1.18 bits per heavy atom. The molecule has 0 spiro atoms. The Hall–Kier alpha value is 2.07. The molecular weight excluding hydrogens is 549 g/mol. The molecule has 1 saturated carbocycles. The Balaban J connectivity index is 2.74. The molecule has 1 aliphatic carbocycles. The molecule has 1 unspecified atom stereocenters. The van der Waals surface area contributed by atoms with Crippen LogP contribution < -0.4 is 11.5 Å². The normalized spacial score (nSPS) is 37.5. The van der Waals surface area contributed by atoms with Crippen molar-refractivity contribution in [1.82, 2.24) is 0 Å². The molecule has 2 nitrogen and oxygen atoms in total. The van der Waals surface area contributed by atoms with E-state index in [9.17, 15) is 0 Å². The van der Waals surface area contributed by atoms with E-state index in [1.807, 2.05) is 0 Å². The van der Waals surface area contributed by atoms with E-state index in [4.69, 9.17) is 11.5 Å². The molecule has 1 fully saturated rings. The summed E-state index contributed by atoms with van der Waals surface area (Å²) in [7, 11) is 0. The first-order chi connectivity index (χ1) is 5.02. The quantitative estimate of drug-likeness (QED) is 0.292. The summed E-state index contributed by atoms with van der Waals surface area (Å²) in [6.07, 6.45) is 4.73. The van der Waals surface area contributed by atoms with Gasteiger partial charge in [0.2, 0.25) is 0 Å². The maximum atomic E-state index is 6.06. The summed E-state index contributed by atoms with van der Waals surface area (Å²) in [6, 6.07) is 0. The van der Waals surface area contributed by atoms with E-state index in [0.29, 0.717) is 0 Å². The van der Waals surface area contributed by atoms with Gasteiger partial charge in [0, 0.05) is 0 Å². The number of hydrogen-bond acceptors (Lipinski definition) is 2. The number of alkyl halides is 1. The molecule has 1 rings (SSSR count). The molecule has 0 aliphatic heterocycles. The van der Waals surface area contributed by atoms with Gasteiger partial charge in [0.25, 0.3) is 0 Å². The molecule has 11 heavy (non-hydrogen) atoms. The minimum absolute atomic E-state index is 0.110. The molecule has 1 atom stereocenters. The molecule has 0 aromatic rings. The van der Waals surface area contributed by atoms with Crippen LogP contribution in [0.3, 0.4) is 0 Å². The zero-order valence-corrected chi connectivity index (χ0v) is 12.6. The van der Waals surface area contributed by atoms with E-state index < -0.39 is 0 Å². The second kappa shape index (κ2) is 4.07. The van der Waals surface area contributed by atoms with Crippen molar-refractivity contribution in [2.24, 2.45) is 11.5 Å². The molecule has 0 amide bonds. The van der Waals surface area contributed by atoms with Crippen LogP contribution >= 0.6 is 41.9 Å². The van der Waals surface area contributed by atoms with Gasteiger partial charge in [-0.05, 0) is 0 Å². The first-order valence-electron chi connectivity index (χ1n) is 3.50. The second-order valence-electron chi connectivity index (χ2n) is 2.96. The first kappa shape index (κ1) is 11.1. The Morgan fingerprint density at radius 2 is 1.73 bits per heavy atom. The minimum atomic E-state index is -0.388. The monoisotopic (exact) mass is 561 g/mol. The summed E-state index contributed by atoms with van der Waals surface area (Å²) in [5, 5.41) is 0. The van der Waals surface area contributed by atoms with E-state index in [1.54, 1.807) is 0 Å². The van der Waals surface area contributed by atoms with Crippen LogP contribution in [0, 0.1) is 0 Å². The molecule has 1 aliphatic rings. The summed E-state index contributed by atoms with van der Waals surface area (Å²) < 4.78 is 0.240. The van der Waals surface area contributed by atoms with Gasteiger partial charge in [-0.25, -0.2) is 0 Å². The fourth-order valence-electron chi connectivity index (χ4n) is 1.25. The standard InChI is InChI=1S/C6H12IN2.HI.Pt/c7-5-3-1-2-4-6(5,8)9;;/h1-4,8-9H2;1H;/q;;+1/p-1. The molecular formula is C6H12I2N2Pt. The average molecular weight is 561 g/mol. The Bertz CT molecular complexity index is 154. The summed E-state index contributed by atoms with van der Waals surface area (Å²) in [5.41, 5.74) is 11.7. The molecule has 4 N–H and O–H groups in total. The number of rotatable bonds is 1. The van der Waals surface area contributed by atoms with Crippen LogP contribution in [0.1, 0.15) is 25.7 Å². The van der Waals surface area contributed by atoms with Crippen LogP contribution in [0.5, 0.6) is 0 Å². The molecule has 5 heteroatoms. The summed E-state index contributed by atoms with van der Waals surface area (Å²) in [5.74, 6) is 0. The predicted molar refractivity (Wildman–Crippen MR) is 60.3 cm³/mol. The van der Waals surface area contributed by atoms with Gasteiger partial charge in [0.15, 0.2) is 0 Å². The van der Waals surface area contributed by atoms with Crippen molar-refractivity contribution in [2.75, 3.05) is 0 Å². The van der Waals surface area contributed by atoms with Crippen LogP contribution in [-0.4, -0.2) is 7.47 Å². The van der Waals surface area contributed by atoms with Crippen molar-refractivity contribution in [3.8, 4) is 0 Å². The third-order valence-electron chi connectivity index (χ3n) is 2.06. The van der Waals surface area contributed by atoms with Gasteiger partial charge in [-0.2, -0.15) is 0 Å². The van der Waals surface area contributed by atoms with Crippen LogP contribution in [-0.2, 0) is 14.9 Å². The average Bonchev–Trinajstić information content (AvgIpc) is 1.95. The van der Waals surface area contributed by atoms with Crippen LogP contribution in [0.2, 0.25) is 0 Å². The van der Waals surface area contributed by atoms with Crippen LogP contribution in [0.15, 0.2) is 0 Å². The number of nitrogens with two attached hydrogens (primary N) is 2. The van der Waals surface area contributed by atoms with E-state index >= 15 is 0 Å².